The molecule has 0 fully saturated rings. The van der Waals surface area contributed by atoms with E-state index in [4.69, 9.17) is 0 Å². The van der Waals surface area contributed by atoms with E-state index in [1.54, 1.807) is 24.5 Å². The number of fused-ring (bicyclic) bond motifs is 1. The molecule has 1 N–H and O–H groups in total. The summed E-state index contributed by atoms with van der Waals surface area (Å²) in [7, 11) is 0. The first kappa shape index (κ1) is 20.6. The van der Waals surface area contributed by atoms with Crippen molar-refractivity contribution in [1.82, 2.24) is 25.0 Å². The Labute approximate surface area is 180 Å². The lowest BCUT2D eigenvalue weighted by atomic mass is 10.0. The molecule has 9 nitrogen and oxygen atoms in total. The topological polar surface area (TPSA) is 106 Å². The second kappa shape index (κ2) is 9.03. The smallest absolute Gasteiger partial charge is 0.226 e. The number of hydrogen-bond acceptors (Lipinski definition) is 7. The number of aromatic nitrogens is 5. The number of aryl methyl sites for hydroxylation is 1. The Morgan fingerprint density at radius 2 is 2.16 bits per heavy atom. The van der Waals surface area contributed by atoms with Crippen LogP contribution in [-0.2, 0) is 16.1 Å². The first-order valence-corrected chi connectivity index (χ1v) is 10.3. The van der Waals surface area contributed by atoms with Crippen molar-refractivity contribution in [3.8, 4) is 11.3 Å². The molecule has 1 amide bonds. The molecule has 160 valence electrons. The Kier molecular flexibility index (Phi) is 6.01. The van der Waals surface area contributed by atoms with Gasteiger partial charge >= 0.3 is 0 Å². The molecule has 0 bridgehead atoms. The van der Waals surface area contributed by atoms with Gasteiger partial charge < -0.3 is 15.0 Å². The summed E-state index contributed by atoms with van der Waals surface area (Å²) in [6.07, 6.45) is 4.32. The van der Waals surface area contributed by atoms with Gasteiger partial charge in [-0.15, -0.1) is 10.2 Å². The molecule has 9 heteroatoms. The highest BCUT2D eigenvalue weighted by Crippen LogP contribution is 2.25. The maximum Gasteiger partial charge on any atom is 0.226 e. The molecule has 0 spiro atoms. The number of amides is 1. The molecule has 0 aromatic carbocycles. The van der Waals surface area contributed by atoms with Crippen LogP contribution >= 0.6 is 0 Å². The lowest BCUT2D eigenvalue weighted by Gasteiger charge is -2.34. The first-order valence-electron chi connectivity index (χ1n) is 10.3. The molecule has 2 unspecified atom stereocenters. The van der Waals surface area contributed by atoms with E-state index in [0.717, 1.165) is 36.5 Å². The minimum absolute atomic E-state index is 0.0769. The molecule has 0 aliphatic carbocycles. The van der Waals surface area contributed by atoms with Crippen LogP contribution in [0.1, 0.15) is 19.0 Å². The van der Waals surface area contributed by atoms with Crippen molar-refractivity contribution in [2.45, 2.75) is 26.8 Å². The normalized spacial score (nSPS) is 16.5. The summed E-state index contributed by atoms with van der Waals surface area (Å²) in [5.74, 6) is 1.07. The molecule has 31 heavy (non-hydrogen) atoms. The van der Waals surface area contributed by atoms with E-state index in [-0.39, 0.29) is 12.3 Å². The number of nitrogens with zero attached hydrogens (tertiary/aromatic N) is 6. The van der Waals surface area contributed by atoms with E-state index >= 15 is 0 Å². The highest BCUT2D eigenvalue weighted by molar-refractivity contribution is 5.91. The van der Waals surface area contributed by atoms with Crippen LogP contribution in [0.3, 0.4) is 0 Å². The summed E-state index contributed by atoms with van der Waals surface area (Å²) in [6, 6.07) is 9.20. The second-order valence-electron chi connectivity index (χ2n) is 8.03. The van der Waals surface area contributed by atoms with Gasteiger partial charge in [0.2, 0.25) is 5.91 Å². The molecule has 0 saturated carbocycles. The van der Waals surface area contributed by atoms with Crippen molar-refractivity contribution in [2.75, 3.05) is 23.3 Å². The average molecular weight is 419 g/mol. The molecule has 4 rings (SSSR count). The molecule has 0 radical (unpaired) electrons. The van der Waals surface area contributed by atoms with Gasteiger partial charge in [-0.05, 0) is 37.1 Å². The Bertz CT molecular complexity index is 1050. The third kappa shape index (κ3) is 4.93. The molecule has 3 aromatic rings. The summed E-state index contributed by atoms with van der Waals surface area (Å²) in [5, 5.41) is 15.5. The highest BCUT2D eigenvalue weighted by Gasteiger charge is 2.26. The van der Waals surface area contributed by atoms with Gasteiger partial charge in [-0.25, -0.2) is 4.68 Å². The SMILES string of the molecule is Cc1cc2n(n1)CC(C)CN2CC(C=O)CC(=O)Nc1ccc(-c2cccnc2)nn1. The molecular weight excluding hydrogens is 394 g/mol. The summed E-state index contributed by atoms with van der Waals surface area (Å²) >= 11 is 0. The monoisotopic (exact) mass is 419 g/mol. The van der Waals surface area contributed by atoms with Crippen LogP contribution in [-0.4, -0.2) is 50.2 Å². The molecule has 3 aromatic heterocycles. The number of rotatable bonds is 7. The average Bonchev–Trinajstić information content (AvgIpc) is 3.14. The summed E-state index contributed by atoms with van der Waals surface area (Å²) < 4.78 is 1.98. The van der Waals surface area contributed by atoms with Gasteiger partial charge in [0, 0.05) is 56.0 Å². The lowest BCUT2D eigenvalue weighted by molar-refractivity contribution is -0.120. The quantitative estimate of drug-likeness (QED) is 0.586. The predicted octanol–water partition coefficient (Wildman–Crippen LogP) is 2.34. The minimum atomic E-state index is -0.434. The first-order chi connectivity index (χ1) is 15.0. The molecular formula is C22H25N7O2. The van der Waals surface area contributed by atoms with Crippen LogP contribution in [0.25, 0.3) is 11.3 Å². The van der Waals surface area contributed by atoms with Gasteiger partial charge in [0.15, 0.2) is 5.82 Å². The number of carbonyl (C=O) groups is 2. The van der Waals surface area contributed by atoms with Crippen LogP contribution in [0.5, 0.6) is 0 Å². The Balaban J connectivity index is 1.37. The van der Waals surface area contributed by atoms with Crippen LogP contribution in [0, 0.1) is 18.8 Å². The fourth-order valence-electron chi connectivity index (χ4n) is 3.85. The summed E-state index contributed by atoms with van der Waals surface area (Å²) in [4.78, 5) is 30.4. The predicted molar refractivity (Wildman–Crippen MR) is 116 cm³/mol. The zero-order chi connectivity index (χ0) is 21.8. The highest BCUT2D eigenvalue weighted by atomic mass is 16.2. The van der Waals surface area contributed by atoms with Gasteiger partial charge in [0.1, 0.15) is 12.1 Å². The maximum atomic E-state index is 12.5. The Morgan fingerprint density at radius 3 is 2.87 bits per heavy atom. The maximum absolute atomic E-state index is 12.5. The van der Waals surface area contributed by atoms with Gasteiger partial charge in [-0.2, -0.15) is 5.10 Å². The van der Waals surface area contributed by atoms with E-state index < -0.39 is 5.92 Å². The number of hydrogen-bond donors (Lipinski definition) is 1. The molecule has 2 atom stereocenters. The number of nitrogens with one attached hydrogen (secondary N) is 1. The molecule has 1 aliphatic heterocycles. The summed E-state index contributed by atoms with van der Waals surface area (Å²) in [6.45, 7) is 6.28. The largest absolute Gasteiger partial charge is 0.356 e. The minimum Gasteiger partial charge on any atom is -0.356 e. The van der Waals surface area contributed by atoms with Gasteiger partial charge in [-0.3, -0.25) is 9.78 Å². The van der Waals surface area contributed by atoms with Crippen molar-refractivity contribution >= 4 is 23.8 Å². The van der Waals surface area contributed by atoms with E-state index in [1.807, 2.05) is 29.8 Å². The van der Waals surface area contributed by atoms with Gasteiger partial charge in [0.05, 0.1) is 11.4 Å². The van der Waals surface area contributed by atoms with Crippen LogP contribution in [0.15, 0.2) is 42.7 Å². The number of carbonyl (C=O) groups excluding carboxylic acids is 2. The van der Waals surface area contributed by atoms with Crippen molar-refractivity contribution in [3.63, 3.8) is 0 Å². The van der Waals surface area contributed by atoms with Crippen molar-refractivity contribution < 1.29 is 9.59 Å². The molecule has 1 aliphatic rings. The van der Waals surface area contributed by atoms with Crippen LogP contribution in [0.2, 0.25) is 0 Å². The van der Waals surface area contributed by atoms with E-state index in [2.05, 4.69) is 37.4 Å². The number of aldehydes is 1. The lowest BCUT2D eigenvalue weighted by Crippen LogP contribution is -2.41. The summed E-state index contributed by atoms with van der Waals surface area (Å²) in [5.41, 5.74) is 2.46. The van der Waals surface area contributed by atoms with Crippen molar-refractivity contribution in [3.05, 3.63) is 48.4 Å². The number of anilines is 2. The molecule has 0 saturated heterocycles. The van der Waals surface area contributed by atoms with E-state index in [1.165, 1.54) is 0 Å². The van der Waals surface area contributed by atoms with Crippen molar-refractivity contribution in [1.29, 1.82) is 0 Å². The Hall–Kier alpha value is -3.62. The fraction of sp³-hybridized carbons (Fsp3) is 0.364. The van der Waals surface area contributed by atoms with E-state index in [9.17, 15) is 9.59 Å². The van der Waals surface area contributed by atoms with Crippen LogP contribution in [0.4, 0.5) is 11.6 Å². The van der Waals surface area contributed by atoms with Gasteiger partial charge in [-0.1, -0.05) is 6.92 Å². The second-order valence-corrected chi connectivity index (χ2v) is 8.03. The zero-order valence-corrected chi connectivity index (χ0v) is 17.6. The standard InChI is InChI=1S/C22H25N7O2/c1-15-11-28(22-8-16(2)27-29(22)12-15)13-17(14-30)9-21(31)24-20-6-5-19(25-26-20)18-4-3-7-23-10-18/h3-8,10,14-15,17H,9,11-13H2,1-2H3,(H,24,26,31). The third-order valence-corrected chi connectivity index (χ3v) is 5.21. The third-order valence-electron chi connectivity index (χ3n) is 5.21. The van der Waals surface area contributed by atoms with E-state index in [0.29, 0.717) is 24.0 Å². The molecule has 4 heterocycles. The Morgan fingerprint density at radius 1 is 1.29 bits per heavy atom. The van der Waals surface area contributed by atoms with Crippen LogP contribution < -0.4 is 10.2 Å². The fourth-order valence-corrected chi connectivity index (χ4v) is 3.85. The zero-order valence-electron chi connectivity index (χ0n) is 17.6. The van der Waals surface area contributed by atoms with Gasteiger partial charge in [0.25, 0.3) is 0 Å². The van der Waals surface area contributed by atoms with Crippen molar-refractivity contribution in [2.24, 2.45) is 11.8 Å². The number of pyridine rings is 1.